The molecule has 0 amide bonds. The lowest BCUT2D eigenvalue weighted by molar-refractivity contribution is 1.44. The Kier molecular flexibility index (Phi) is 5.66. The molecule has 2 nitrogen and oxygen atoms in total. The van der Waals surface area contributed by atoms with Gasteiger partial charge in [0.25, 0.3) is 0 Å². The number of rotatable bonds is 3. The maximum atomic E-state index is 9.67. The van der Waals surface area contributed by atoms with Gasteiger partial charge in [-0.3, -0.25) is 0 Å². The molecular weight excluding hydrogens is 549 g/mol. The summed E-state index contributed by atoms with van der Waals surface area (Å²) in [6.07, 6.45) is 0. The van der Waals surface area contributed by atoms with Crippen molar-refractivity contribution in [2.75, 3.05) is 0 Å². The molecule has 0 bridgehead atoms. The van der Waals surface area contributed by atoms with Crippen molar-refractivity contribution in [1.82, 2.24) is 0 Å². The van der Waals surface area contributed by atoms with E-state index in [1.54, 1.807) is 6.07 Å². The quantitative estimate of drug-likeness (QED) is 0.213. The van der Waals surface area contributed by atoms with E-state index in [1.165, 1.54) is 40.3 Å². The van der Waals surface area contributed by atoms with Crippen molar-refractivity contribution in [1.29, 1.82) is 10.5 Å². The second kappa shape index (κ2) is 9.68. The molecular formula is C38H20N2S2. The van der Waals surface area contributed by atoms with Crippen LogP contribution in [-0.2, 0) is 0 Å². The monoisotopic (exact) mass is 568 g/mol. The van der Waals surface area contributed by atoms with Crippen molar-refractivity contribution in [2.24, 2.45) is 0 Å². The van der Waals surface area contributed by atoms with Crippen LogP contribution in [-0.4, -0.2) is 0 Å². The van der Waals surface area contributed by atoms with Crippen LogP contribution in [0.3, 0.4) is 0 Å². The van der Waals surface area contributed by atoms with Crippen molar-refractivity contribution < 1.29 is 0 Å². The standard InChI is InChI=1S/C38H20N2S2/c39-21-23-13-24(22-40)15-27(14-23)30-17-28(25-9-11-37-33(19-25)31-5-1-3-7-35(31)41-37)16-29(18-30)26-10-12-38-34(20-26)32-6-2-4-8-36(32)42-38/h1-20H. The van der Waals surface area contributed by atoms with Gasteiger partial charge >= 0.3 is 0 Å². The lowest BCUT2D eigenvalue weighted by Crippen LogP contribution is -1.89. The molecule has 194 valence electrons. The van der Waals surface area contributed by atoms with Crippen LogP contribution in [0.5, 0.6) is 0 Å². The highest BCUT2D eigenvalue weighted by atomic mass is 32.1. The Morgan fingerprint density at radius 1 is 0.357 bits per heavy atom. The molecule has 4 heteroatoms. The Labute approximate surface area is 250 Å². The fourth-order valence-electron chi connectivity index (χ4n) is 5.86. The van der Waals surface area contributed by atoms with Crippen molar-refractivity contribution >= 4 is 63.0 Å². The minimum Gasteiger partial charge on any atom is -0.192 e. The van der Waals surface area contributed by atoms with Gasteiger partial charge in [-0.1, -0.05) is 48.5 Å². The number of fused-ring (bicyclic) bond motifs is 6. The summed E-state index contributed by atoms with van der Waals surface area (Å²) in [6, 6.07) is 47.0. The number of hydrogen-bond donors (Lipinski definition) is 0. The third kappa shape index (κ3) is 4.06. The average molecular weight is 569 g/mol. The van der Waals surface area contributed by atoms with Gasteiger partial charge < -0.3 is 0 Å². The molecule has 0 atom stereocenters. The van der Waals surface area contributed by atoms with Crippen LogP contribution in [0.25, 0.3) is 73.7 Å². The number of nitriles is 2. The lowest BCUT2D eigenvalue weighted by atomic mass is 9.91. The molecule has 0 radical (unpaired) electrons. The van der Waals surface area contributed by atoms with Crippen LogP contribution in [0.1, 0.15) is 11.1 Å². The number of thiophene rings is 2. The summed E-state index contributed by atoms with van der Waals surface area (Å²) in [4.78, 5) is 0. The van der Waals surface area contributed by atoms with E-state index in [4.69, 9.17) is 0 Å². The Hall–Kier alpha value is -5.26. The van der Waals surface area contributed by atoms with Crippen LogP contribution >= 0.6 is 22.7 Å². The predicted molar refractivity (Wildman–Crippen MR) is 178 cm³/mol. The lowest BCUT2D eigenvalue weighted by Gasteiger charge is -2.12. The summed E-state index contributed by atoms with van der Waals surface area (Å²) >= 11 is 3.63. The Balaban J connectivity index is 1.37. The van der Waals surface area contributed by atoms with E-state index < -0.39 is 0 Å². The number of nitrogens with zero attached hydrogens (tertiary/aromatic N) is 2. The zero-order valence-corrected chi connectivity index (χ0v) is 23.9. The summed E-state index contributed by atoms with van der Waals surface area (Å²) in [5, 5.41) is 24.4. The smallest absolute Gasteiger partial charge is 0.0992 e. The highest BCUT2D eigenvalue weighted by Gasteiger charge is 2.13. The van der Waals surface area contributed by atoms with E-state index in [2.05, 4.69) is 115 Å². The van der Waals surface area contributed by atoms with Crippen molar-refractivity contribution in [3.05, 3.63) is 132 Å². The van der Waals surface area contributed by atoms with Gasteiger partial charge in [0.2, 0.25) is 0 Å². The van der Waals surface area contributed by atoms with Gasteiger partial charge in [-0.05, 0) is 106 Å². The molecule has 8 rings (SSSR count). The average Bonchev–Trinajstić information content (AvgIpc) is 3.61. The van der Waals surface area contributed by atoms with Gasteiger partial charge in [0.15, 0.2) is 0 Å². The summed E-state index contributed by atoms with van der Waals surface area (Å²) in [5.74, 6) is 0. The first-order chi connectivity index (χ1) is 20.7. The summed E-state index contributed by atoms with van der Waals surface area (Å²) in [5.41, 5.74) is 7.24. The van der Waals surface area contributed by atoms with Crippen molar-refractivity contribution in [3.8, 4) is 45.5 Å². The maximum absolute atomic E-state index is 9.67. The highest BCUT2D eigenvalue weighted by molar-refractivity contribution is 7.26. The molecule has 0 aliphatic carbocycles. The van der Waals surface area contributed by atoms with Crippen molar-refractivity contribution in [2.45, 2.75) is 0 Å². The molecule has 0 unspecified atom stereocenters. The van der Waals surface area contributed by atoms with Crippen LogP contribution in [0.4, 0.5) is 0 Å². The Morgan fingerprint density at radius 3 is 1.24 bits per heavy atom. The van der Waals surface area contributed by atoms with Crippen LogP contribution in [0, 0.1) is 22.7 Å². The minimum atomic E-state index is 0.480. The summed E-state index contributed by atoms with van der Waals surface area (Å²) in [6.45, 7) is 0. The highest BCUT2D eigenvalue weighted by Crippen LogP contribution is 2.40. The Morgan fingerprint density at radius 2 is 0.762 bits per heavy atom. The van der Waals surface area contributed by atoms with Crippen LogP contribution < -0.4 is 0 Å². The number of hydrogen-bond acceptors (Lipinski definition) is 4. The van der Waals surface area contributed by atoms with Gasteiger partial charge in [-0.2, -0.15) is 10.5 Å². The third-order valence-electron chi connectivity index (χ3n) is 7.88. The van der Waals surface area contributed by atoms with E-state index in [0.717, 1.165) is 33.4 Å². The normalized spacial score (nSPS) is 11.3. The molecule has 0 saturated heterocycles. The minimum absolute atomic E-state index is 0.480. The fraction of sp³-hybridized carbons (Fsp3) is 0. The largest absolute Gasteiger partial charge is 0.192 e. The first-order valence-electron chi connectivity index (χ1n) is 13.6. The molecule has 0 N–H and O–H groups in total. The molecule has 8 aromatic rings. The molecule has 0 aliphatic rings. The van der Waals surface area contributed by atoms with E-state index in [1.807, 2.05) is 34.8 Å². The molecule has 0 aliphatic heterocycles. The molecule has 6 aromatic carbocycles. The molecule has 0 saturated carbocycles. The van der Waals surface area contributed by atoms with E-state index >= 15 is 0 Å². The second-order valence-corrected chi connectivity index (χ2v) is 12.6. The summed E-state index contributed by atoms with van der Waals surface area (Å²) < 4.78 is 5.11. The first-order valence-corrected chi connectivity index (χ1v) is 15.2. The third-order valence-corrected chi connectivity index (χ3v) is 10.2. The predicted octanol–water partition coefficient (Wildman–Crippen LogP) is 11.2. The molecule has 0 spiro atoms. The van der Waals surface area contributed by atoms with E-state index in [-0.39, 0.29) is 0 Å². The van der Waals surface area contributed by atoms with Gasteiger partial charge in [-0.15, -0.1) is 22.7 Å². The van der Waals surface area contributed by atoms with Gasteiger partial charge in [0.1, 0.15) is 0 Å². The topological polar surface area (TPSA) is 47.6 Å². The summed E-state index contributed by atoms with van der Waals surface area (Å²) in [7, 11) is 0. The van der Waals surface area contributed by atoms with Gasteiger partial charge in [0.05, 0.1) is 23.3 Å². The molecule has 42 heavy (non-hydrogen) atoms. The number of benzene rings is 6. The van der Waals surface area contributed by atoms with E-state index in [0.29, 0.717) is 11.1 Å². The molecule has 0 fully saturated rings. The van der Waals surface area contributed by atoms with E-state index in [9.17, 15) is 10.5 Å². The SMILES string of the molecule is N#Cc1cc(C#N)cc(-c2cc(-c3ccc4sc5ccccc5c4c3)cc(-c3ccc4sc5ccccc5c4c3)c2)c1. The molecule has 2 aromatic heterocycles. The zero-order valence-electron chi connectivity index (χ0n) is 22.3. The Bertz CT molecular complexity index is 2280. The van der Waals surface area contributed by atoms with Crippen LogP contribution in [0.15, 0.2) is 121 Å². The second-order valence-electron chi connectivity index (χ2n) is 10.4. The van der Waals surface area contributed by atoms with Gasteiger partial charge in [0, 0.05) is 40.3 Å². The first kappa shape index (κ1) is 24.5. The van der Waals surface area contributed by atoms with Crippen LogP contribution in [0.2, 0.25) is 0 Å². The molecule has 2 heterocycles. The maximum Gasteiger partial charge on any atom is 0.0992 e. The zero-order chi connectivity index (χ0) is 28.2. The van der Waals surface area contributed by atoms with Gasteiger partial charge in [-0.25, -0.2) is 0 Å². The fourth-order valence-corrected chi connectivity index (χ4v) is 8.04. The van der Waals surface area contributed by atoms with Crippen molar-refractivity contribution in [3.63, 3.8) is 0 Å².